The molecule has 4 heteroatoms. The number of aryl methyl sites for hydroxylation is 2. The van der Waals surface area contributed by atoms with Gasteiger partial charge in [0.05, 0.1) is 0 Å². The van der Waals surface area contributed by atoms with Gasteiger partial charge in [-0.15, -0.1) is 24.3 Å². The average molecular weight is 396 g/mol. The molecular weight excluding hydrogens is 377 g/mol. The van der Waals surface area contributed by atoms with Crippen molar-refractivity contribution in [2.45, 2.75) is 13.8 Å². The Morgan fingerprint density at radius 1 is 0.667 bits per heavy atom. The minimum absolute atomic E-state index is 0. The van der Waals surface area contributed by atoms with E-state index >= 15 is 0 Å². The largest absolute Gasteiger partial charge is 2.00 e. The van der Waals surface area contributed by atoms with Crippen LogP contribution >= 0.6 is 0 Å². The molecule has 4 aromatic rings. The van der Waals surface area contributed by atoms with Gasteiger partial charge in [-0.3, -0.25) is 9.97 Å². The molecule has 0 atom stereocenters. The second-order valence-corrected chi connectivity index (χ2v) is 5.76. The number of benzene rings is 1. The Bertz CT molecular complexity index is 885. The van der Waals surface area contributed by atoms with E-state index in [1.807, 2.05) is 80.6 Å². The predicted molar refractivity (Wildman–Crippen MR) is 104 cm³/mol. The SMILES string of the molecule is Cc1c[c-]cc(C)n1.[Ni+2].[c-]1c(-c2ccccn2)cccc1-c1ccccn1. The molecule has 0 N–H and O–H groups in total. The van der Waals surface area contributed by atoms with Crippen molar-refractivity contribution in [2.24, 2.45) is 0 Å². The van der Waals surface area contributed by atoms with Gasteiger partial charge in [0.25, 0.3) is 0 Å². The van der Waals surface area contributed by atoms with Crippen LogP contribution in [0.25, 0.3) is 22.5 Å². The predicted octanol–water partition coefficient (Wildman–Crippen LogP) is 5.11. The van der Waals surface area contributed by atoms with Gasteiger partial charge < -0.3 is 4.98 Å². The first-order valence-corrected chi connectivity index (χ1v) is 8.39. The van der Waals surface area contributed by atoms with Gasteiger partial charge in [-0.1, -0.05) is 60.6 Å². The summed E-state index contributed by atoms with van der Waals surface area (Å²) in [5.41, 5.74) is 5.89. The van der Waals surface area contributed by atoms with E-state index in [0.717, 1.165) is 33.9 Å². The molecule has 136 valence electrons. The van der Waals surface area contributed by atoms with E-state index in [2.05, 4.69) is 27.1 Å². The Morgan fingerprint density at radius 3 is 1.56 bits per heavy atom. The molecule has 0 aliphatic heterocycles. The first-order chi connectivity index (χ1) is 12.7. The van der Waals surface area contributed by atoms with Crippen LogP contribution in [0, 0.1) is 26.0 Å². The standard InChI is InChI=1S/C16H11N2.C7H8N.Ni/c1-3-10-17-15(8-1)13-6-5-7-14(12-13)16-9-2-4-11-18-16;1-6-4-3-5-7(2)8-6;/h1-11H;4-5H,1-2H3;/q2*-1;+2. The number of hydrogen-bond acceptors (Lipinski definition) is 3. The third-order valence-corrected chi connectivity index (χ3v) is 3.61. The maximum Gasteiger partial charge on any atom is 2.00 e. The van der Waals surface area contributed by atoms with Crippen LogP contribution in [-0.2, 0) is 16.5 Å². The van der Waals surface area contributed by atoms with Crippen molar-refractivity contribution in [1.82, 2.24) is 15.0 Å². The third kappa shape index (κ3) is 6.12. The van der Waals surface area contributed by atoms with Gasteiger partial charge in [0.2, 0.25) is 0 Å². The van der Waals surface area contributed by atoms with E-state index in [4.69, 9.17) is 0 Å². The zero-order valence-corrected chi connectivity index (χ0v) is 16.2. The molecule has 1 aromatic carbocycles. The molecule has 0 aliphatic rings. The Kier molecular flexibility index (Phi) is 7.85. The molecule has 0 spiro atoms. The zero-order valence-electron chi connectivity index (χ0n) is 15.2. The second-order valence-electron chi connectivity index (χ2n) is 5.76. The van der Waals surface area contributed by atoms with E-state index in [1.165, 1.54) is 0 Å². The van der Waals surface area contributed by atoms with Crippen molar-refractivity contribution in [3.05, 3.63) is 103 Å². The van der Waals surface area contributed by atoms with Crippen molar-refractivity contribution in [3.63, 3.8) is 0 Å². The molecule has 0 saturated carbocycles. The first-order valence-electron chi connectivity index (χ1n) is 8.39. The summed E-state index contributed by atoms with van der Waals surface area (Å²) in [4.78, 5) is 12.8. The number of aromatic nitrogens is 3. The molecule has 3 heterocycles. The van der Waals surface area contributed by atoms with Gasteiger partial charge in [0.1, 0.15) is 0 Å². The van der Waals surface area contributed by atoms with Crippen LogP contribution in [0.5, 0.6) is 0 Å². The van der Waals surface area contributed by atoms with Crippen LogP contribution in [-0.4, -0.2) is 15.0 Å². The molecule has 0 aliphatic carbocycles. The number of pyridine rings is 3. The smallest absolute Gasteiger partial charge is 0.385 e. The summed E-state index contributed by atoms with van der Waals surface area (Å²) < 4.78 is 0. The van der Waals surface area contributed by atoms with Gasteiger partial charge in [0.15, 0.2) is 0 Å². The van der Waals surface area contributed by atoms with E-state index in [0.29, 0.717) is 0 Å². The molecule has 0 fully saturated rings. The van der Waals surface area contributed by atoms with Gasteiger partial charge >= 0.3 is 16.5 Å². The molecule has 0 saturated heterocycles. The van der Waals surface area contributed by atoms with Crippen molar-refractivity contribution >= 4 is 0 Å². The molecule has 3 nitrogen and oxygen atoms in total. The number of hydrogen-bond donors (Lipinski definition) is 0. The van der Waals surface area contributed by atoms with Crippen LogP contribution in [0.3, 0.4) is 0 Å². The van der Waals surface area contributed by atoms with E-state index in [9.17, 15) is 0 Å². The minimum atomic E-state index is 0. The minimum Gasteiger partial charge on any atom is -0.385 e. The number of nitrogens with zero attached hydrogens (tertiary/aromatic N) is 3. The summed E-state index contributed by atoms with van der Waals surface area (Å²) in [5, 5.41) is 0. The van der Waals surface area contributed by atoms with Crippen LogP contribution in [0.4, 0.5) is 0 Å². The van der Waals surface area contributed by atoms with Crippen LogP contribution in [0.15, 0.2) is 79.1 Å². The van der Waals surface area contributed by atoms with Crippen molar-refractivity contribution in [2.75, 3.05) is 0 Å². The van der Waals surface area contributed by atoms with E-state index in [1.54, 1.807) is 12.4 Å². The van der Waals surface area contributed by atoms with Crippen LogP contribution < -0.4 is 0 Å². The quantitative estimate of drug-likeness (QED) is 0.349. The molecule has 0 amide bonds. The summed E-state index contributed by atoms with van der Waals surface area (Å²) >= 11 is 0. The summed E-state index contributed by atoms with van der Waals surface area (Å²) in [6.07, 6.45) is 3.58. The maximum absolute atomic E-state index is 4.33. The van der Waals surface area contributed by atoms with Gasteiger partial charge in [-0.05, 0) is 12.1 Å². The maximum atomic E-state index is 4.33. The van der Waals surface area contributed by atoms with Crippen LogP contribution in [0.2, 0.25) is 0 Å². The fourth-order valence-electron chi connectivity index (χ4n) is 2.44. The molecule has 0 radical (unpaired) electrons. The normalized spacial score (nSPS) is 9.56. The fraction of sp³-hybridized carbons (Fsp3) is 0.0870. The molecule has 4 rings (SSSR count). The van der Waals surface area contributed by atoms with Crippen molar-refractivity contribution in [1.29, 1.82) is 0 Å². The third-order valence-electron chi connectivity index (χ3n) is 3.61. The van der Waals surface area contributed by atoms with Crippen LogP contribution in [0.1, 0.15) is 11.4 Å². The van der Waals surface area contributed by atoms with Crippen molar-refractivity contribution in [3.8, 4) is 22.5 Å². The molecule has 27 heavy (non-hydrogen) atoms. The number of rotatable bonds is 2. The first kappa shape index (κ1) is 20.5. The topological polar surface area (TPSA) is 38.7 Å². The summed E-state index contributed by atoms with van der Waals surface area (Å²) in [5.74, 6) is 0. The van der Waals surface area contributed by atoms with Crippen molar-refractivity contribution < 1.29 is 16.5 Å². The Morgan fingerprint density at radius 2 is 1.19 bits per heavy atom. The average Bonchev–Trinajstić information content (AvgIpc) is 2.70. The molecule has 0 unspecified atom stereocenters. The summed E-state index contributed by atoms with van der Waals surface area (Å²) in [7, 11) is 0. The summed E-state index contributed by atoms with van der Waals surface area (Å²) in [6, 6.07) is 27.8. The Hall–Kier alpha value is -2.84. The monoisotopic (exact) mass is 395 g/mol. The van der Waals surface area contributed by atoms with Gasteiger partial charge in [0, 0.05) is 23.8 Å². The van der Waals surface area contributed by atoms with E-state index in [-0.39, 0.29) is 16.5 Å². The van der Waals surface area contributed by atoms with E-state index < -0.39 is 0 Å². The Balaban J connectivity index is 0.000000247. The molecule has 3 aromatic heterocycles. The fourth-order valence-corrected chi connectivity index (χ4v) is 2.44. The Labute approximate surface area is 170 Å². The molecule has 0 bridgehead atoms. The molecular formula is C23H19N3Ni. The second kappa shape index (κ2) is 10.3. The zero-order chi connectivity index (χ0) is 18.2. The van der Waals surface area contributed by atoms with Gasteiger partial charge in [-0.25, -0.2) is 0 Å². The summed E-state index contributed by atoms with van der Waals surface area (Å²) in [6.45, 7) is 3.92. The van der Waals surface area contributed by atoms with Gasteiger partial charge in [-0.2, -0.15) is 18.2 Å².